The number of aliphatic hydroxyl groups excluding tert-OH is 1. The van der Waals surface area contributed by atoms with Crippen molar-refractivity contribution < 1.29 is 5.11 Å². The molecular formula is C3H12N2O. The molecule has 0 radical (unpaired) electrons. The summed E-state index contributed by atoms with van der Waals surface area (Å²) < 4.78 is 0. The van der Waals surface area contributed by atoms with Crippen molar-refractivity contribution in [2.45, 2.75) is 0 Å². The van der Waals surface area contributed by atoms with Crippen LogP contribution >= 0.6 is 0 Å². The largest absolute Gasteiger partial charge is 0.395 e. The molecule has 0 bridgehead atoms. The van der Waals surface area contributed by atoms with E-state index in [1.165, 1.54) is 7.05 Å². The first kappa shape index (κ1) is 9.30. The summed E-state index contributed by atoms with van der Waals surface area (Å²) in [6.45, 7) is 0.472. The van der Waals surface area contributed by atoms with Gasteiger partial charge in [0.15, 0.2) is 0 Å². The predicted octanol–water partition coefficient (Wildman–Crippen LogP) is -1.49. The highest BCUT2D eigenvalue weighted by Crippen LogP contribution is 1.33. The Morgan fingerprint density at radius 1 is 1.50 bits per heavy atom. The van der Waals surface area contributed by atoms with Crippen molar-refractivity contribution in [3.8, 4) is 0 Å². The van der Waals surface area contributed by atoms with Gasteiger partial charge in [-0.3, -0.25) is 0 Å². The predicted molar refractivity (Wildman–Crippen MR) is 26.3 cm³/mol. The quantitative estimate of drug-likeness (QED) is 0.369. The normalized spacial score (nSPS) is 6.00. The highest BCUT2D eigenvalue weighted by Gasteiger charge is 1.56. The molecule has 6 heavy (non-hydrogen) atoms. The molecule has 40 valence electrons. The molecule has 3 nitrogen and oxygen atoms in total. The lowest BCUT2D eigenvalue weighted by Crippen LogP contribution is -2.02. The maximum absolute atomic E-state index is 7.75. The van der Waals surface area contributed by atoms with Crippen LogP contribution in [0.3, 0.4) is 0 Å². The van der Waals surface area contributed by atoms with Crippen molar-refractivity contribution in [2.75, 3.05) is 20.2 Å². The van der Waals surface area contributed by atoms with Crippen molar-refractivity contribution >= 4 is 0 Å². The fourth-order valence-electron chi connectivity index (χ4n) is 0. The summed E-state index contributed by atoms with van der Waals surface area (Å²) in [4.78, 5) is 0. The van der Waals surface area contributed by atoms with Crippen LogP contribution < -0.4 is 11.5 Å². The number of aliphatic hydroxyl groups is 1. The van der Waals surface area contributed by atoms with Crippen LogP contribution in [0, 0.1) is 0 Å². The van der Waals surface area contributed by atoms with Gasteiger partial charge in [0.1, 0.15) is 0 Å². The van der Waals surface area contributed by atoms with Gasteiger partial charge in [0.05, 0.1) is 6.61 Å². The van der Waals surface area contributed by atoms with Gasteiger partial charge < -0.3 is 16.6 Å². The Morgan fingerprint density at radius 3 is 1.67 bits per heavy atom. The lowest BCUT2D eigenvalue weighted by Gasteiger charge is -1.71. The molecule has 0 heterocycles. The standard InChI is InChI=1S/C2H7NO.CH5N/c3-1-2-4;1-2/h4H,1-3H2;2H2,1H3. The van der Waals surface area contributed by atoms with E-state index >= 15 is 0 Å². The van der Waals surface area contributed by atoms with E-state index in [0.29, 0.717) is 6.54 Å². The van der Waals surface area contributed by atoms with Crippen molar-refractivity contribution in [1.82, 2.24) is 0 Å². The van der Waals surface area contributed by atoms with Crippen molar-refractivity contribution in [2.24, 2.45) is 11.5 Å². The van der Waals surface area contributed by atoms with Gasteiger partial charge in [-0.25, -0.2) is 0 Å². The van der Waals surface area contributed by atoms with Gasteiger partial charge in [-0.2, -0.15) is 0 Å². The van der Waals surface area contributed by atoms with Gasteiger partial charge in [-0.1, -0.05) is 0 Å². The fourth-order valence-corrected chi connectivity index (χ4v) is 0. The second-order valence-corrected chi connectivity index (χ2v) is 0.512. The minimum atomic E-state index is 0.0972. The lowest BCUT2D eigenvalue weighted by atomic mass is 10.8. The SMILES string of the molecule is CN.NCCO. The van der Waals surface area contributed by atoms with E-state index in [2.05, 4.69) is 5.73 Å². The molecule has 0 aliphatic rings. The number of nitrogens with two attached hydrogens (primary N) is 2. The van der Waals surface area contributed by atoms with Crippen molar-refractivity contribution in [3.05, 3.63) is 0 Å². The lowest BCUT2D eigenvalue weighted by molar-refractivity contribution is 0.306. The number of hydrogen-bond donors (Lipinski definition) is 3. The van der Waals surface area contributed by atoms with E-state index in [4.69, 9.17) is 10.8 Å². The summed E-state index contributed by atoms with van der Waals surface area (Å²) >= 11 is 0. The molecule has 0 unspecified atom stereocenters. The third kappa shape index (κ3) is 41.6. The second-order valence-electron chi connectivity index (χ2n) is 0.512. The number of hydrogen-bond acceptors (Lipinski definition) is 3. The van der Waals surface area contributed by atoms with Crippen molar-refractivity contribution in [3.63, 3.8) is 0 Å². The summed E-state index contributed by atoms with van der Waals surface area (Å²) in [5.41, 5.74) is 9.28. The molecule has 0 saturated heterocycles. The monoisotopic (exact) mass is 92.1 g/mol. The first-order valence-corrected chi connectivity index (χ1v) is 1.80. The van der Waals surface area contributed by atoms with Gasteiger partial charge in [-0.05, 0) is 7.05 Å². The molecular weight excluding hydrogens is 80.0 g/mol. The first-order valence-electron chi connectivity index (χ1n) is 1.80. The molecule has 0 rings (SSSR count). The average Bonchev–Trinajstić information content (AvgIpc) is 1.72. The minimum absolute atomic E-state index is 0.0972. The Hall–Kier alpha value is -0.120. The van der Waals surface area contributed by atoms with Crippen LogP contribution in [-0.2, 0) is 0 Å². The molecule has 0 aromatic heterocycles. The smallest absolute Gasteiger partial charge is 0.0553 e. The highest BCUT2D eigenvalue weighted by molar-refractivity contribution is 4.17. The molecule has 0 aliphatic carbocycles. The molecule has 5 N–H and O–H groups in total. The molecule has 0 aromatic carbocycles. The Morgan fingerprint density at radius 2 is 1.67 bits per heavy atom. The van der Waals surface area contributed by atoms with Gasteiger partial charge in [-0.15, -0.1) is 0 Å². The van der Waals surface area contributed by atoms with Gasteiger partial charge in [0.25, 0.3) is 0 Å². The van der Waals surface area contributed by atoms with E-state index in [1.54, 1.807) is 0 Å². The molecule has 3 heteroatoms. The Bertz CT molecular complexity index is 10.8. The van der Waals surface area contributed by atoms with Gasteiger partial charge >= 0.3 is 0 Å². The minimum Gasteiger partial charge on any atom is -0.395 e. The molecule has 0 saturated carbocycles. The van der Waals surface area contributed by atoms with Crippen molar-refractivity contribution in [1.29, 1.82) is 0 Å². The Kier molecular flexibility index (Phi) is 32.2. The summed E-state index contributed by atoms with van der Waals surface area (Å²) in [5, 5.41) is 7.75. The van der Waals surface area contributed by atoms with Crippen LogP contribution in [-0.4, -0.2) is 25.3 Å². The second kappa shape index (κ2) is 20.8. The zero-order chi connectivity index (χ0) is 5.41. The van der Waals surface area contributed by atoms with E-state index in [-0.39, 0.29) is 6.61 Å². The highest BCUT2D eigenvalue weighted by atomic mass is 16.3. The fraction of sp³-hybridized carbons (Fsp3) is 1.00. The third-order valence-electron chi connectivity index (χ3n) is 0.129. The summed E-state index contributed by atoms with van der Waals surface area (Å²) in [5.74, 6) is 0. The maximum Gasteiger partial charge on any atom is 0.0553 e. The molecule has 0 aromatic rings. The number of rotatable bonds is 1. The van der Waals surface area contributed by atoms with E-state index < -0.39 is 0 Å². The zero-order valence-electron chi connectivity index (χ0n) is 4.02. The molecule has 0 atom stereocenters. The molecule has 0 spiro atoms. The van der Waals surface area contributed by atoms with Crippen LogP contribution in [0.1, 0.15) is 0 Å². The van der Waals surface area contributed by atoms with Crippen LogP contribution in [0.5, 0.6) is 0 Å². The van der Waals surface area contributed by atoms with Crippen LogP contribution in [0.4, 0.5) is 0 Å². The molecule has 0 fully saturated rings. The van der Waals surface area contributed by atoms with Crippen LogP contribution in [0.2, 0.25) is 0 Å². The summed E-state index contributed by atoms with van der Waals surface area (Å²) in [7, 11) is 1.50. The van der Waals surface area contributed by atoms with E-state index in [1.807, 2.05) is 0 Å². The van der Waals surface area contributed by atoms with E-state index in [0.717, 1.165) is 0 Å². The zero-order valence-corrected chi connectivity index (χ0v) is 4.02. The Labute approximate surface area is 37.9 Å². The average molecular weight is 92.1 g/mol. The Balaban J connectivity index is 0. The topological polar surface area (TPSA) is 72.3 Å². The van der Waals surface area contributed by atoms with Gasteiger partial charge in [0.2, 0.25) is 0 Å². The molecule has 0 aliphatic heterocycles. The van der Waals surface area contributed by atoms with E-state index in [9.17, 15) is 0 Å². The van der Waals surface area contributed by atoms with Crippen LogP contribution in [0.15, 0.2) is 0 Å². The summed E-state index contributed by atoms with van der Waals surface area (Å²) in [6, 6.07) is 0. The summed E-state index contributed by atoms with van der Waals surface area (Å²) in [6.07, 6.45) is 0. The maximum atomic E-state index is 7.75. The van der Waals surface area contributed by atoms with Crippen LogP contribution in [0.25, 0.3) is 0 Å². The molecule has 0 amide bonds. The third-order valence-corrected chi connectivity index (χ3v) is 0.129. The first-order chi connectivity index (χ1) is 2.91. The van der Waals surface area contributed by atoms with Gasteiger partial charge in [0, 0.05) is 6.54 Å².